The van der Waals surface area contributed by atoms with Gasteiger partial charge in [-0.3, -0.25) is 9.69 Å². The third kappa shape index (κ3) is 3.71. The highest BCUT2D eigenvalue weighted by molar-refractivity contribution is 5.94. The largest absolute Gasteiger partial charge is 0.449 e. The first kappa shape index (κ1) is 13.4. The Balaban J connectivity index is 1.95. The van der Waals surface area contributed by atoms with E-state index in [1.807, 2.05) is 32.0 Å². The van der Waals surface area contributed by atoms with Crippen molar-refractivity contribution in [2.75, 3.05) is 25.0 Å². The van der Waals surface area contributed by atoms with Crippen LogP contribution in [-0.2, 0) is 9.53 Å². The minimum absolute atomic E-state index is 0.0336. The number of hydrogen-bond acceptors (Lipinski definition) is 3. The first-order valence-corrected chi connectivity index (χ1v) is 6.34. The number of hydrogen-bond donors (Lipinski definition) is 1. The van der Waals surface area contributed by atoms with Gasteiger partial charge in [0.15, 0.2) is 0 Å². The predicted octanol–water partition coefficient (Wildman–Crippen LogP) is 2.08. The van der Waals surface area contributed by atoms with Crippen molar-refractivity contribution in [1.82, 2.24) is 4.90 Å². The molecular weight excluding hydrogens is 244 g/mol. The van der Waals surface area contributed by atoms with Crippen LogP contribution in [0.4, 0.5) is 10.5 Å². The quantitative estimate of drug-likeness (QED) is 0.907. The van der Waals surface area contributed by atoms with Crippen LogP contribution in [0.1, 0.15) is 17.5 Å². The third-order valence-corrected chi connectivity index (χ3v) is 2.90. The Labute approximate surface area is 112 Å². The summed E-state index contributed by atoms with van der Waals surface area (Å²) in [5.74, 6) is -0.205. The van der Waals surface area contributed by atoms with E-state index >= 15 is 0 Å². The summed E-state index contributed by atoms with van der Waals surface area (Å²) >= 11 is 0. The van der Waals surface area contributed by atoms with Gasteiger partial charge in [0, 0.05) is 12.2 Å². The summed E-state index contributed by atoms with van der Waals surface area (Å²) in [6, 6.07) is 5.84. The number of nitrogens with one attached hydrogen (secondary N) is 1. The number of anilines is 1. The number of aryl methyl sites for hydroxylation is 2. The van der Waals surface area contributed by atoms with E-state index < -0.39 is 6.09 Å². The molecule has 0 radical (unpaired) electrons. The maximum atomic E-state index is 11.9. The molecule has 0 aromatic heterocycles. The van der Waals surface area contributed by atoms with Crippen molar-refractivity contribution in [3.63, 3.8) is 0 Å². The summed E-state index contributed by atoms with van der Waals surface area (Å²) in [4.78, 5) is 24.7. The number of carbonyl (C=O) groups excluding carboxylic acids is 2. The minimum Gasteiger partial charge on any atom is -0.449 e. The van der Waals surface area contributed by atoms with Gasteiger partial charge in [-0.15, -0.1) is 0 Å². The maximum absolute atomic E-state index is 11.9. The summed E-state index contributed by atoms with van der Waals surface area (Å²) in [6.45, 7) is 4.99. The highest BCUT2D eigenvalue weighted by Crippen LogP contribution is 2.14. The van der Waals surface area contributed by atoms with Crippen LogP contribution in [0, 0.1) is 13.8 Å². The molecule has 5 nitrogen and oxygen atoms in total. The van der Waals surface area contributed by atoms with Gasteiger partial charge in [-0.2, -0.15) is 0 Å². The zero-order valence-corrected chi connectivity index (χ0v) is 11.2. The van der Waals surface area contributed by atoms with Gasteiger partial charge in [-0.25, -0.2) is 4.79 Å². The molecule has 0 saturated carbocycles. The van der Waals surface area contributed by atoms with Crippen LogP contribution < -0.4 is 5.32 Å². The first-order chi connectivity index (χ1) is 9.04. The van der Waals surface area contributed by atoms with Crippen molar-refractivity contribution < 1.29 is 14.3 Å². The molecule has 1 fully saturated rings. The van der Waals surface area contributed by atoms with E-state index in [-0.39, 0.29) is 12.5 Å². The van der Waals surface area contributed by atoms with E-state index in [2.05, 4.69) is 5.32 Å². The molecule has 1 aliphatic rings. The Kier molecular flexibility index (Phi) is 4.04. The second-order valence-electron chi connectivity index (χ2n) is 4.81. The second kappa shape index (κ2) is 5.73. The fourth-order valence-electron chi connectivity index (χ4n) is 2.16. The summed E-state index contributed by atoms with van der Waals surface area (Å²) in [6.07, 6.45) is 0.351. The Morgan fingerprint density at radius 2 is 2.00 bits per heavy atom. The van der Waals surface area contributed by atoms with Crippen LogP contribution in [0.25, 0.3) is 0 Å². The lowest BCUT2D eigenvalue weighted by Gasteiger charge is -2.25. The highest BCUT2D eigenvalue weighted by atomic mass is 16.6. The van der Waals surface area contributed by atoms with Crippen molar-refractivity contribution in [3.8, 4) is 0 Å². The van der Waals surface area contributed by atoms with Gasteiger partial charge >= 0.3 is 6.09 Å². The first-order valence-electron chi connectivity index (χ1n) is 6.34. The topological polar surface area (TPSA) is 58.6 Å². The van der Waals surface area contributed by atoms with Crippen LogP contribution in [0.5, 0.6) is 0 Å². The molecule has 1 N–H and O–H groups in total. The molecule has 1 heterocycles. The smallest absolute Gasteiger partial charge is 0.410 e. The van der Waals surface area contributed by atoms with Crippen molar-refractivity contribution in [3.05, 3.63) is 29.3 Å². The molecule has 0 spiro atoms. The number of benzene rings is 1. The van der Waals surface area contributed by atoms with Crippen molar-refractivity contribution in [2.24, 2.45) is 0 Å². The van der Waals surface area contributed by atoms with Crippen LogP contribution in [0.2, 0.25) is 0 Å². The molecule has 1 aromatic rings. The fraction of sp³-hybridized carbons (Fsp3) is 0.429. The lowest BCUT2D eigenvalue weighted by Crippen LogP contribution is -2.42. The van der Waals surface area contributed by atoms with Crippen LogP contribution in [0.15, 0.2) is 18.2 Å². The minimum atomic E-state index is -0.415. The van der Waals surface area contributed by atoms with Gasteiger partial charge in [0.05, 0.1) is 6.61 Å². The fourth-order valence-corrected chi connectivity index (χ4v) is 2.16. The van der Waals surface area contributed by atoms with Gasteiger partial charge in [-0.1, -0.05) is 6.07 Å². The van der Waals surface area contributed by atoms with Gasteiger partial charge in [0.1, 0.15) is 6.54 Å². The summed E-state index contributed by atoms with van der Waals surface area (Å²) in [7, 11) is 0. The number of cyclic esters (lactones) is 1. The number of carbonyl (C=O) groups is 2. The normalized spacial score (nSPS) is 15.1. The second-order valence-corrected chi connectivity index (χ2v) is 4.81. The SMILES string of the molecule is Cc1cc(C)cc(NC(=O)CN2CCCOC2=O)c1. The molecule has 0 unspecified atom stereocenters. The average Bonchev–Trinajstić information content (AvgIpc) is 2.30. The van der Waals surface area contributed by atoms with Crippen molar-refractivity contribution in [2.45, 2.75) is 20.3 Å². The molecule has 1 saturated heterocycles. The number of rotatable bonds is 3. The Hall–Kier alpha value is -2.04. The molecule has 2 amide bonds. The molecule has 19 heavy (non-hydrogen) atoms. The maximum Gasteiger partial charge on any atom is 0.410 e. The monoisotopic (exact) mass is 262 g/mol. The van der Waals surface area contributed by atoms with Crippen LogP contribution in [-0.4, -0.2) is 36.6 Å². The highest BCUT2D eigenvalue weighted by Gasteiger charge is 2.21. The molecule has 1 aromatic carbocycles. The van der Waals surface area contributed by atoms with Gasteiger partial charge in [0.2, 0.25) is 5.91 Å². The zero-order chi connectivity index (χ0) is 13.8. The molecule has 1 aliphatic heterocycles. The van der Waals surface area contributed by atoms with Gasteiger partial charge in [0.25, 0.3) is 0 Å². The summed E-state index contributed by atoms with van der Waals surface area (Å²) < 4.78 is 4.89. The number of nitrogens with zero attached hydrogens (tertiary/aromatic N) is 1. The van der Waals surface area contributed by atoms with Gasteiger partial charge in [-0.05, 0) is 43.5 Å². The predicted molar refractivity (Wildman–Crippen MR) is 72.1 cm³/mol. The van der Waals surface area contributed by atoms with E-state index in [0.717, 1.165) is 23.2 Å². The van der Waals surface area contributed by atoms with E-state index in [9.17, 15) is 9.59 Å². The molecule has 102 valence electrons. The van der Waals surface area contributed by atoms with E-state index in [4.69, 9.17) is 4.74 Å². The standard InChI is InChI=1S/C14H18N2O3/c1-10-6-11(2)8-12(7-10)15-13(17)9-16-4-3-5-19-14(16)18/h6-8H,3-5,9H2,1-2H3,(H,15,17). The Bertz CT molecular complexity index is 479. The molecular formula is C14H18N2O3. The summed E-state index contributed by atoms with van der Waals surface area (Å²) in [5, 5.41) is 2.80. The van der Waals surface area contributed by atoms with Crippen LogP contribution >= 0.6 is 0 Å². The number of amides is 2. The van der Waals surface area contributed by atoms with Gasteiger partial charge < -0.3 is 10.1 Å². The van der Waals surface area contributed by atoms with E-state index in [1.165, 1.54) is 4.90 Å². The zero-order valence-electron chi connectivity index (χ0n) is 11.2. The van der Waals surface area contributed by atoms with Crippen LogP contribution in [0.3, 0.4) is 0 Å². The lowest BCUT2D eigenvalue weighted by atomic mass is 10.1. The van der Waals surface area contributed by atoms with Crippen molar-refractivity contribution >= 4 is 17.7 Å². The molecule has 0 atom stereocenters. The van der Waals surface area contributed by atoms with E-state index in [1.54, 1.807) is 0 Å². The Morgan fingerprint density at radius 1 is 1.32 bits per heavy atom. The third-order valence-electron chi connectivity index (χ3n) is 2.90. The number of ether oxygens (including phenoxy) is 1. The molecule has 0 aliphatic carbocycles. The lowest BCUT2D eigenvalue weighted by molar-refractivity contribution is -0.117. The van der Waals surface area contributed by atoms with E-state index in [0.29, 0.717) is 13.2 Å². The average molecular weight is 262 g/mol. The van der Waals surface area contributed by atoms with Crippen molar-refractivity contribution in [1.29, 1.82) is 0 Å². The molecule has 2 rings (SSSR count). The summed E-state index contributed by atoms with van der Waals surface area (Å²) in [5.41, 5.74) is 2.94. The molecule has 5 heteroatoms. The molecule has 0 bridgehead atoms. The Morgan fingerprint density at radius 3 is 2.63 bits per heavy atom.